The lowest BCUT2D eigenvalue weighted by Gasteiger charge is -2.12. The maximum Gasteiger partial charge on any atom is 0.350 e. The van der Waals surface area contributed by atoms with E-state index >= 15 is 0 Å². The third-order valence-electron chi connectivity index (χ3n) is 3.34. The van der Waals surface area contributed by atoms with E-state index in [-0.39, 0.29) is 21.2 Å². The zero-order valence-corrected chi connectivity index (χ0v) is 16.4. The van der Waals surface area contributed by atoms with Crippen molar-refractivity contribution in [2.75, 3.05) is 18.3 Å². The van der Waals surface area contributed by atoms with Crippen LogP contribution in [0.25, 0.3) is 0 Å². The highest BCUT2D eigenvalue weighted by Crippen LogP contribution is 2.33. The zero-order chi connectivity index (χ0) is 19.3. The van der Waals surface area contributed by atoms with Crippen molar-refractivity contribution in [1.29, 1.82) is 0 Å². The summed E-state index contributed by atoms with van der Waals surface area (Å²) < 4.78 is 29.5. The number of benzene rings is 1. The molecule has 1 amide bonds. The molecule has 0 aliphatic rings. The lowest BCUT2D eigenvalue weighted by atomic mass is 10.2. The van der Waals surface area contributed by atoms with E-state index in [0.717, 1.165) is 11.3 Å². The fourth-order valence-electron chi connectivity index (χ4n) is 2.10. The molecule has 2 aromatic rings. The van der Waals surface area contributed by atoms with Crippen LogP contribution < -0.4 is 10.9 Å². The average Bonchev–Trinajstić information content (AvgIpc) is 3.04. The molecule has 2 N–H and O–H groups in total. The van der Waals surface area contributed by atoms with E-state index in [1.165, 1.54) is 24.6 Å². The van der Waals surface area contributed by atoms with Gasteiger partial charge in [0, 0.05) is 16.0 Å². The van der Waals surface area contributed by atoms with Crippen LogP contribution in [0.2, 0.25) is 5.02 Å². The second kappa shape index (κ2) is 8.52. The molecule has 0 spiro atoms. The number of ether oxygens (including phenoxy) is 1. The number of thiophene rings is 1. The van der Waals surface area contributed by atoms with E-state index < -0.39 is 21.7 Å². The van der Waals surface area contributed by atoms with Crippen LogP contribution in [0.15, 0.2) is 34.5 Å². The lowest BCUT2D eigenvalue weighted by Crippen LogP contribution is -2.30. The second-order valence-electron chi connectivity index (χ2n) is 5.20. The summed E-state index contributed by atoms with van der Waals surface area (Å²) in [4.78, 5) is 24.1. The summed E-state index contributed by atoms with van der Waals surface area (Å²) in [6, 6.07) is 6.14. The molecular weight excluding hydrogens is 400 g/mol. The van der Waals surface area contributed by atoms with Crippen LogP contribution in [0, 0.1) is 0 Å². The Balaban J connectivity index is 2.31. The summed E-state index contributed by atoms with van der Waals surface area (Å²) in [5.74, 6) is -1.29. The topological polar surface area (TPSA) is 102 Å². The fourth-order valence-corrected chi connectivity index (χ4v) is 5.05. The van der Waals surface area contributed by atoms with Gasteiger partial charge in [-0.1, -0.05) is 18.5 Å². The molecule has 0 aliphatic carbocycles. The van der Waals surface area contributed by atoms with Crippen LogP contribution in [0.1, 0.15) is 33.4 Å². The van der Waals surface area contributed by atoms with Crippen molar-refractivity contribution in [3.8, 4) is 0 Å². The highest BCUT2D eigenvalue weighted by Gasteiger charge is 2.26. The maximum atomic E-state index is 12.4. The Labute approximate surface area is 160 Å². The van der Waals surface area contributed by atoms with Gasteiger partial charge >= 0.3 is 5.97 Å². The molecule has 0 radical (unpaired) electrons. The van der Waals surface area contributed by atoms with E-state index in [4.69, 9.17) is 11.6 Å². The number of halogens is 1. The van der Waals surface area contributed by atoms with Gasteiger partial charge < -0.3 is 4.74 Å². The summed E-state index contributed by atoms with van der Waals surface area (Å²) in [6.45, 7) is 1.74. The zero-order valence-electron chi connectivity index (χ0n) is 14.0. The van der Waals surface area contributed by atoms with Gasteiger partial charge in [-0.05, 0) is 30.7 Å². The first kappa shape index (κ1) is 20.2. The fraction of sp³-hybridized carbons (Fsp3) is 0.250. The molecule has 0 fully saturated rings. The summed E-state index contributed by atoms with van der Waals surface area (Å²) in [5, 5.41) is 1.84. The second-order valence-corrected chi connectivity index (χ2v) is 8.59. The predicted molar refractivity (Wildman–Crippen MR) is 101 cm³/mol. The number of rotatable bonds is 7. The standard InChI is InChI=1S/C16H17ClN2O5S2/c1-3-8-26(22,23)12-9-25-14(16(21)24-2)13(12)18-19-15(20)10-4-6-11(17)7-5-10/h4-7,9,18H,3,8H2,1-2H3,(H,19,20). The van der Waals surface area contributed by atoms with Crippen LogP contribution >= 0.6 is 22.9 Å². The maximum absolute atomic E-state index is 12.4. The number of anilines is 1. The Morgan fingerprint density at radius 3 is 2.46 bits per heavy atom. The normalized spacial score (nSPS) is 11.0. The molecule has 0 atom stereocenters. The molecule has 10 heteroatoms. The van der Waals surface area contributed by atoms with E-state index in [9.17, 15) is 18.0 Å². The molecular formula is C16H17ClN2O5S2. The molecule has 140 valence electrons. The molecule has 0 saturated heterocycles. The molecule has 1 aromatic heterocycles. The SMILES string of the molecule is CCCS(=O)(=O)c1csc(C(=O)OC)c1NNC(=O)c1ccc(Cl)cc1. The van der Waals surface area contributed by atoms with Gasteiger partial charge in [-0.25, -0.2) is 13.2 Å². The van der Waals surface area contributed by atoms with Crippen LogP contribution in [-0.4, -0.2) is 33.2 Å². The Morgan fingerprint density at radius 1 is 1.23 bits per heavy atom. The van der Waals surface area contributed by atoms with Gasteiger partial charge in [-0.3, -0.25) is 15.6 Å². The highest BCUT2D eigenvalue weighted by atomic mass is 35.5. The van der Waals surface area contributed by atoms with E-state index in [1.807, 2.05) is 0 Å². The van der Waals surface area contributed by atoms with E-state index in [1.54, 1.807) is 19.1 Å². The van der Waals surface area contributed by atoms with Gasteiger partial charge in [0.05, 0.1) is 18.6 Å². The number of nitrogens with one attached hydrogen (secondary N) is 2. The van der Waals surface area contributed by atoms with E-state index in [0.29, 0.717) is 17.0 Å². The van der Waals surface area contributed by atoms with Crippen molar-refractivity contribution in [2.24, 2.45) is 0 Å². The van der Waals surface area contributed by atoms with Crippen LogP contribution in [-0.2, 0) is 14.6 Å². The minimum absolute atomic E-state index is 0.00221. The van der Waals surface area contributed by atoms with Crippen molar-refractivity contribution in [3.63, 3.8) is 0 Å². The first-order valence-electron chi connectivity index (χ1n) is 7.54. The molecule has 0 saturated carbocycles. The molecule has 0 bridgehead atoms. The highest BCUT2D eigenvalue weighted by molar-refractivity contribution is 7.91. The average molecular weight is 417 g/mol. The van der Waals surface area contributed by atoms with Crippen LogP contribution in [0.3, 0.4) is 0 Å². The lowest BCUT2D eigenvalue weighted by molar-refractivity contribution is 0.0606. The smallest absolute Gasteiger partial charge is 0.350 e. The van der Waals surface area contributed by atoms with Gasteiger partial charge in [-0.2, -0.15) is 0 Å². The number of hydrazine groups is 1. The third-order valence-corrected chi connectivity index (χ3v) is 6.64. The number of methoxy groups -OCH3 is 1. The predicted octanol–water partition coefficient (Wildman–Crippen LogP) is 3.13. The Bertz CT molecular complexity index is 907. The quantitative estimate of drug-likeness (QED) is 0.531. The number of hydrogen-bond acceptors (Lipinski definition) is 7. The molecule has 26 heavy (non-hydrogen) atoms. The van der Waals surface area contributed by atoms with Crippen molar-refractivity contribution in [2.45, 2.75) is 18.2 Å². The molecule has 0 aliphatic heterocycles. The molecule has 2 rings (SSSR count). The van der Waals surface area contributed by atoms with Gasteiger partial charge in [-0.15, -0.1) is 11.3 Å². The van der Waals surface area contributed by atoms with Crippen LogP contribution in [0.4, 0.5) is 5.69 Å². The first-order chi connectivity index (χ1) is 12.3. The number of amides is 1. The Morgan fingerprint density at radius 2 is 1.88 bits per heavy atom. The van der Waals surface area contributed by atoms with Gasteiger partial charge in [0.1, 0.15) is 9.77 Å². The number of carbonyl (C=O) groups excluding carboxylic acids is 2. The number of carbonyl (C=O) groups is 2. The van der Waals surface area contributed by atoms with Gasteiger partial charge in [0.2, 0.25) is 0 Å². The summed E-state index contributed by atoms with van der Waals surface area (Å²) in [7, 11) is -2.42. The van der Waals surface area contributed by atoms with Crippen molar-refractivity contribution in [3.05, 3.63) is 45.1 Å². The number of esters is 1. The third kappa shape index (κ3) is 4.54. The largest absolute Gasteiger partial charge is 0.465 e. The summed E-state index contributed by atoms with van der Waals surface area (Å²) in [5.41, 5.74) is 5.26. The van der Waals surface area contributed by atoms with Crippen LogP contribution in [0.5, 0.6) is 0 Å². The molecule has 1 heterocycles. The van der Waals surface area contributed by atoms with Crippen molar-refractivity contribution < 1.29 is 22.7 Å². The van der Waals surface area contributed by atoms with Crippen molar-refractivity contribution in [1.82, 2.24) is 5.43 Å². The molecule has 1 aromatic carbocycles. The van der Waals surface area contributed by atoms with E-state index in [2.05, 4.69) is 15.6 Å². The Hall–Kier alpha value is -2.10. The summed E-state index contributed by atoms with van der Waals surface area (Å²) >= 11 is 6.71. The molecule has 7 nitrogen and oxygen atoms in total. The monoisotopic (exact) mass is 416 g/mol. The number of sulfone groups is 1. The first-order valence-corrected chi connectivity index (χ1v) is 10.5. The van der Waals surface area contributed by atoms with Crippen molar-refractivity contribution >= 4 is 50.3 Å². The number of hydrogen-bond donors (Lipinski definition) is 2. The van der Waals surface area contributed by atoms with Gasteiger partial charge in [0.15, 0.2) is 9.84 Å². The summed E-state index contributed by atoms with van der Waals surface area (Å²) in [6.07, 6.45) is 0.419. The van der Waals surface area contributed by atoms with Gasteiger partial charge in [0.25, 0.3) is 5.91 Å². The minimum atomic E-state index is -3.61. The Kier molecular flexibility index (Phi) is 6.63. The minimum Gasteiger partial charge on any atom is -0.465 e. The molecule has 0 unspecified atom stereocenters.